The molecule has 0 aromatic carbocycles. The van der Waals surface area contributed by atoms with Crippen LogP contribution in [0.3, 0.4) is 0 Å². The average Bonchev–Trinajstić information content (AvgIpc) is 2.27. The highest BCUT2D eigenvalue weighted by Crippen LogP contribution is 2.25. The summed E-state index contributed by atoms with van der Waals surface area (Å²) in [4.78, 5) is 6.44. The zero-order valence-corrected chi connectivity index (χ0v) is 12.5. The molecule has 1 atom stereocenters. The number of aromatic nitrogens is 1. The molecule has 100 valence electrons. The molecule has 0 spiro atoms. The van der Waals surface area contributed by atoms with Gasteiger partial charge in [0.25, 0.3) is 0 Å². The molecule has 0 bridgehead atoms. The number of pyridine rings is 1. The van der Waals surface area contributed by atoms with E-state index in [2.05, 4.69) is 30.5 Å². The van der Waals surface area contributed by atoms with Gasteiger partial charge in [-0.15, -0.1) is 0 Å². The Morgan fingerprint density at radius 3 is 3.00 bits per heavy atom. The minimum absolute atomic E-state index is 0.0392. The molecule has 0 radical (unpaired) electrons. The van der Waals surface area contributed by atoms with Crippen LogP contribution in [0.15, 0.2) is 22.8 Å². The van der Waals surface area contributed by atoms with Crippen LogP contribution in [0.25, 0.3) is 0 Å². The molecule has 5 nitrogen and oxygen atoms in total. The lowest BCUT2D eigenvalue weighted by Gasteiger charge is -2.34. The predicted octanol–water partition coefficient (Wildman–Crippen LogP) is 1.36. The number of sulfonamides is 1. The fraction of sp³-hybridized carbons (Fsp3) is 0.545. The molecule has 0 aliphatic carbocycles. The van der Waals surface area contributed by atoms with Gasteiger partial charge in [-0.3, -0.25) is 0 Å². The Bertz CT molecular complexity index is 521. The van der Waals surface area contributed by atoms with E-state index < -0.39 is 10.0 Å². The summed E-state index contributed by atoms with van der Waals surface area (Å²) >= 11 is 3.47. The van der Waals surface area contributed by atoms with Crippen LogP contribution >= 0.6 is 15.9 Å². The van der Waals surface area contributed by atoms with E-state index in [9.17, 15) is 8.42 Å². The molecule has 2 rings (SSSR count). The van der Waals surface area contributed by atoms with Crippen molar-refractivity contribution in [2.45, 2.75) is 18.9 Å². The molecule has 1 saturated heterocycles. The van der Waals surface area contributed by atoms with E-state index in [1.165, 1.54) is 6.26 Å². The summed E-state index contributed by atoms with van der Waals surface area (Å²) in [5, 5.41) is 0. The van der Waals surface area contributed by atoms with Crippen LogP contribution in [0.4, 0.5) is 5.82 Å². The molecular weight excluding hydrogens is 318 g/mol. The van der Waals surface area contributed by atoms with Gasteiger partial charge >= 0.3 is 0 Å². The predicted molar refractivity (Wildman–Crippen MR) is 75.2 cm³/mol. The Morgan fingerprint density at radius 1 is 1.56 bits per heavy atom. The molecule has 1 N–H and O–H groups in total. The van der Waals surface area contributed by atoms with Crippen LogP contribution in [-0.2, 0) is 10.0 Å². The Labute approximate surface area is 116 Å². The third-order valence-electron chi connectivity index (χ3n) is 2.84. The van der Waals surface area contributed by atoms with Crippen molar-refractivity contribution in [3.8, 4) is 0 Å². The number of anilines is 1. The third-order valence-corrected chi connectivity index (χ3v) is 4.22. The van der Waals surface area contributed by atoms with Gasteiger partial charge < -0.3 is 4.90 Å². The van der Waals surface area contributed by atoms with E-state index in [-0.39, 0.29) is 6.04 Å². The molecule has 0 amide bonds. The van der Waals surface area contributed by atoms with Crippen molar-refractivity contribution in [1.29, 1.82) is 0 Å². The summed E-state index contributed by atoms with van der Waals surface area (Å²) < 4.78 is 26.1. The lowest BCUT2D eigenvalue weighted by Crippen LogP contribution is -2.47. The molecule has 1 unspecified atom stereocenters. The van der Waals surface area contributed by atoms with Gasteiger partial charge in [-0.05, 0) is 40.9 Å². The number of piperidine rings is 1. The van der Waals surface area contributed by atoms with E-state index in [1.807, 2.05) is 12.1 Å². The van der Waals surface area contributed by atoms with Crippen LogP contribution in [0, 0.1) is 0 Å². The van der Waals surface area contributed by atoms with Gasteiger partial charge in [-0.2, -0.15) is 0 Å². The van der Waals surface area contributed by atoms with E-state index in [1.54, 1.807) is 6.20 Å². The Balaban J connectivity index is 2.10. The minimum atomic E-state index is -3.15. The largest absolute Gasteiger partial charge is 0.354 e. The SMILES string of the molecule is CS(=O)(=O)NC1CCCN(c2ncccc2Br)C1. The van der Waals surface area contributed by atoms with Crippen molar-refractivity contribution >= 4 is 31.8 Å². The molecule has 18 heavy (non-hydrogen) atoms. The monoisotopic (exact) mass is 333 g/mol. The first-order valence-corrected chi connectivity index (χ1v) is 8.47. The van der Waals surface area contributed by atoms with E-state index in [4.69, 9.17) is 0 Å². The third kappa shape index (κ3) is 3.66. The second kappa shape index (κ2) is 5.54. The molecule has 1 aromatic heterocycles. The quantitative estimate of drug-likeness (QED) is 0.907. The average molecular weight is 334 g/mol. The number of nitrogens with one attached hydrogen (secondary N) is 1. The van der Waals surface area contributed by atoms with Gasteiger partial charge in [-0.1, -0.05) is 0 Å². The number of halogens is 1. The van der Waals surface area contributed by atoms with Gasteiger partial charge in [0.2, 0.25) is 10.0 Å². The van der Waals surface area contributed by atoms with Crippen molar-refractivity contribution in [2.75, 3.05) is 24.2 Å². The lowest BCUT2D eigenvalue weighted by molar-refractivity contribution is 0.465. The number of nitrogens with zero attached hydrogens (tertiary/aromatic N) is 2. The van der Waals surface area contributed by atoms with Crippen molar-refractivity contribution in [1.82, 2.24) is 9.71 Å². The fourth-order valence-electron chi connectivity index (χ4n) is 2.18. The molecule has 1 aliphatic heterocycles. The second-order valence-corrected chi connectivity index (χ2v) is 7.12. The maximum atomic E-state index is 11.3. The van der Waals surface area contributed by atoms with Gasteiger partial charge in [0.1, 0.15) is 5.82 Å². The zero-order valence-electron chi connectivity index (χ0n) is 10.1. The summed E-state index contributed by atoms with van der Waals surface area (Å²) in [6.45, 7) is 1.56. The van der Waals surface area contributed by atoms with Gasteiger partial charge in [0.05, 0.1) is 10.7 Å². The lowest BCUT2D eigenvalue weighted by atomic mass is 10.1. The summed E-state index contributed by atoms with van der Waals surface area (Å²) in [5.74, 6) is 0.873. The zero-order chi connectivity index (χ0) is 13.2. The molecule has 2 heterocycles. The van der Waals surface area contributed by atoms with Crippen LogP contribution < -0.4 is 9.62 Å². The highest BCUT2D eigenvalue weighted by atomic mass is 79.9. The smallest absolute Gasteiger partial charge is 0.209 e. The highest BCUT2D eigenvalue weighted by molar-refractivity contribution is 9.10. The molecule has 1 aromatic rings. The van der Waals surface area contributed by atoms with Gasteiger partial charge in [0, 0.05) is 25.3 Å². The standard InChI is InChI=1S/C11H16BrN3O2S/c1-18(16,17)14-9-4-3-7-15(8-9)11-10(12)5-2-6-13-11/h2,5-6,9,14H,3-4,7-8H2,1H3. The second-order valence-electron chi connectivity index (χ2n) is 4.48. The van der Waals surface area contributed by atoms with Crippen LogP contribution in [0.2, 0.25) is 0 Å². The molecule has 7 heteroatoms. The van der Waals surface area contributed by atoms with Crippen molar-refractivity contribution in [3.63, 3.8) is 0 Å². The van der Waals surface area contributed by atoms with Crippen molar-refractivity contribution < 1.29 is 8.42 Å². The maximum Gasteiger partial charge on any atom is 0.209 e. The topological polar surface area (TPSA) is 62.3 Å². The first-order chi connectivity index (χ1) is 8.46. The fourth-order valence-corrected chi connectivity index (χ4v) is 3.48. The van der Waals surface area contributed by atoms with Crippen LogP contribution in [0.5, 0.6) is 0 Å². The summed E-state index contributed by atoms with van der Waals surface area (Å²) in [7, 11) is -3.15. The molecular formula is C11H16BrN3O2S. The van der Waals surface area contributed by atoms with Gasteiger partial charge in [-0.25, -0.2) is 18.1 Å². The Hall–Kier alpha value is -0.660. The van der Waals surface area contributed by atoms with E-state index in [0.29, 0.717) is 6.54 Å². The van der Waals surface area contributed by atoms with Crippen LogP contribution in [-0.4, -0.2) is 38.8 Å². The van der Waals surface area contributed by atoms with E-state index >= 15 is 0 Å². The molecule has 1 fully saturated rings. The Kier molecular flexibility index (Phi) is 4.24. The van der Waals surface area contributed by atoms with E-state index in [0.717, 1.165) is 29.7 Å². The minimum Gasteiger partial charge on any atom is -0.354 e. The van der Waals surface area contributed by atoms with Crippen molar-refractivity contribution in [3.05, 3.63) is 22.8 Å². The van der Waals surface area contributed by atoms with Gasteiger partial charge in [0.15, 0.2) is 0 Å². The summed E-state index contributed by atoms with van der Waals surface area (Å²) in [6.07, 6.45) is 4.76. The molecule has 0 saturated carbocycles. The maximum absolute atomic E-state index is 11.3. The first kappa shape index (κ1) is 13.8. The number of hydrogen-bond donors (Lipinski definition) is 1. The molecule has 1 aliphatic rings. The van der Waals surface area contributed by atoms with Crippen LogP contribution in [0.1, 0.15) is 12.8 Å². The summed E-state index contributed by atoms with van der Waals surface area (Å²) in [5.41, 5.74) is 0. The first-order valence-electron chi connectivity index (χ1n) is 5.78. The summed E-state index contributed by atoms with van der Waals surface area (Å²) in [6, 6.07) is 3.77. The normalized spacial score (nSPS) is 21.0. The number of rotatable bonds is 3. The van der Waals surface area contributed by atoms with Crippen molar-refractivity contribution in [2.24, 2.45) is 0 Å². The Morgan fingerprint density at radius 2 is 2.33 bits per heavy atom. The highest BCUT2D eigenvalue weighted by Gasteiger charge is 2.24. The number of hydrogen-bond acceptors (Lipinski definition) is 4.